The molecular formula is C16H19NO3. The van der Waals surface area contributed by atoms with Crippen molar-refractivity contribution in [2.75, 3.05) is 19.5 Å². The summed E-state index contributed by atoms with van der Waals surface area (Å²) in [6, 6.07) is 13.0. The number of benzene rings is 2. The molecule has 0 aliphatic rings. The van der Waals surface area contributed by atoms with Crippen molar-refractivity contribution >= 4 is 5.69 Å². The van der Waals surface area contributed by atoms with Gasteiger partial charge in [-0.2, -0.15) is 0 Å². The van der Waals surface area contributed by atoms with Crippen molar-refractivity contribution in [3.63, 3.8) is 0 Å². The van der Waals surface area contributed by atoms with Crippen molar-refractivity contribution in [3.8, 4) is 17.2 Å². The monoisotopic (exact) mass is 273 g/mol. The summed E-state index contributed by atoms with van der Waals surface area (Å²) in [5.41, 5.74) is 7.38. The number of methoxy groups -OCH3 is 1. The second-order valence-corrected chi connectivity index (χ2v) is 4.27. The SMILES string of the molecule is CCOc1cccc(OCc2cc(N)ccc2OC)c1. The highest BCUT2D eigenvalue weighted by Gasteiger charge is 2.05. The van der Waals surface area contributed by atoms with Crippen LogP contribution in [0.5, 0.6) is 17.2 Å². The third kappa shape index (κ3) is 3.57. The average molecular weight is 273 g/mol. The number of anilines is 1. The Bertz CT molecular complexity index is 569. The molecule has 0 unspecified atom stereocenters. The molecule has 0 saturated carbocycles. The summed E-state index contributed by atoms with van der Waals surface area (Å²) >= 11 is 0. The molecule has 2 rings (SSSR count). The molecule has 0 aliphatic heterocycles. The van der Waals surface area contributed by atoms with Gasteiger partial charge >= 0.3 is 0 Å². The molecule has 2 aromatic carbocycles. The quantitative estimate of drug-likeness (QED) is 0.821. The smallest absolute Gasteiger partial charge is 0.125 e. The maximum atomic E-state index is 5.78. The van der Waals surface area contributed by atoms with E-state index in [0.717, 1.165) is 22.8 Å². The molecule has 0 spiro atoms. The molecule has 0 radical (unpaired) electrons. The predicted molar refractivity (Wildman–Crippen MR) is 79.3 cm³/mol. The molecule has 0 bridgehead atoms. The first kappa shape index (κ1) is 14.1. The van der Waals surface area contributed by atoms with Gasteiger partial charge in [0.15, 0.2) is 0 Å². The fraction of sp³-hybridized carbons (Fsp3) is 0.250. The summed E-state index contributed by atoms with van der Waals surface area (Å²) in [5, 5.41) is 0. The van der Waals surface area contributed by atoms with Crippen molar-refractivity contribution in [2.45, 2.75) is 13.5 Å². The van der Waals surface area contributed by atoms with Crippen LogP contribution in [0, 0.1) is 0 Å². The molecule has 106 valence electrons. The van der Waals surface area contributed by atoms with E-state index in [4.69, 9.17) is 19.9 Å². The van der Waals surface area contributed by atoms with E-state index in [1.807, 2.05) is 43.3 Å². The van der Waals surface area contributed by atoms with Gasteiger partial charge in [0, 0.05) is 17.3 Å². The van der Waals surface area contributed by atoms with Crippen molar-refractivity contribution in [1.29, 1.82) is 0 Å². The number of nitrogen functional groups attached to an aromatic ring is 1. The largest absolute Gasteiger partial charge is 0.496 e. The Kier molecular flexibility index (Phi) is 4.71. The van der Waals surface area contributed by atoms with Crippen LogP contribution in [-0.4, -0.2) is 13.7 Å². The molecule has 2 aromatic rings. The van der Waals surface area contributed by atoms with Gasteiger partial charge in [0.25, 0.3) is 0 Å². The van der Waals surface area contributed by atoms with Crippen LogP contribution in [0.1, 0.15) is 12.5 Å². The number of rotatable bonds is 6. The molecule has 0 heterocycles. The topological polar surface area (TPSA) is 53.7 Å². The minimum atomic E-state index is 0.393. The minimum Gasteiger partial charge on any atom is -0.496 e. The highest BCUT2D eigenvalue weighted by molar-refractivity contribution is 5.47. The first-order chi connectivity index (χ1) is 9.72. The van der Waals surface area contributed by atoms with Crippen LogP contribution in [0.25, 0.3) is 0 Å². The van der Waals surface area contributed by atoms with Crippen LogP contribution in [0.3, 0.4) is 0 Å². The predicted octanol–water partition coefficient (Wildman–Crippen LogP) is 3.26. The van der Waals surface area contributed by atoms with Gasteiger partial charge in [-0.05, 0) is 37.3 Å². The second-order valence-electron chi connectivity index (χ2n) is 4.27. The molecule has 0 fully saturated rings. The zero-order valence-corrected chi connectivity index (χ0v) is 11.8. The first-order valence-electron chi connectivity index (χ1n) is 6.51. The van der Waals surface area contributed by atoms with Crippen LogP contribution < -0.4 is 19.9 Å². The van der Waals surface area contributed by atoms with Crippen LogP contribution in [0.2, 0.25) is 0 Å². The summed E-state index contributed by atoms with van der Waals surface area (Å²) in [7, 11) is 1.63. The lowest BCUT2D eigenvalue weighted by Crippen LogP contribution is -2.00. The molecule has 0 aliphatic carbocycles. The molecule has 0 aromatic heterocycles. The van der Waals surface area contributed by atoms with Gasteiger partial charge in [0.1, 0.15) is 23.9 Å². The van der Waals surface area contributed by atoms with Gasteiger partial charge < -0.3 is 19.9 Å². The zero-order valence-electron chi connectivity index (χ0n) is 11.8. The summed E-state index contributed by atoms with van der Waals surface area (Å²) < 4.78 is 16.5. The minimum absolute atomic E-state index is 0.393. The summed E-state index contributed by atoms with van der Waals surface area (Å²) in [4.78, 5) is 0. The third-order valence-corrected chi connectivity index (χ3v) is 2.82. The zero-order chi connectivity index (χ0) is 14.4. The van der Waals surface area contributed by atoms with Crippen LogP contribution >= 0.6 is 0 Å². The number of nitrogens with two attached hydrogens (primary N) is 1. The molecule has 0 saturated heterocycles. The Morgan fingerprint density at radius 2 is 1.75 bits per heavy atom. The van der Waals surface area contributed by atoms with Crippen molar-refractivity contribution in [2.24, 2.45) is 0 Å². The van der Waals surface area contributed by atoms with E-state index in [9.17, 15) is 0 Å². The van der Waals surface area contributed by atoms with Crippen LogP contribution in [0.4, 0.5) is 5.69 Å². The van der Waals surface area contributed by atoms with Gasteiger partial charge in [0.05, 0.1) is 13.7 Å². The molecule has 0 atom stereocenters. The van der Waals surface area contributed by atoms with E-state index >= 15 is 0 Å². The molecule has 20 heavy (non-hydrogen) atoms. The second kappa shape index (κ2) is 6.70. The molecular weight excluding hydrogens is 254 g/mol. The lowest BCUT2D eigenvalue weighted by Gasteiger charge is -2.12. The standard InChI is InChI=1S/C16H19NO3/c1-3-19-14-5-4-6-15(10-14)20-11-12-9-13(17)7-8-16(12)18-2/h4-10H,3,11,17H2,1-2H3. The number of hydrogen-bond donors (Lipinski definition) is 1. The van der Waals surface area contributed by atoms with Gasteiger partial charge in [-0.25, -0.2) is 0 Å². The third-order valence-electron chi connectivity index (χ3n) is 2.82. The Labute approximate surface area is 119 Å². The summed E-state index contributed by atoms with van der Waals surface area (Å²) in [6.45, 7) is 2.97. The first-order valence-corrected chi connectivity index (χ1v) is 6.51. The van der Waals surface area contributed by atoms with Crippen molar-refractivity contribution in [3.05, 3.63) is 48.0 Å². The summed E-state index contributed by atoms with van der Waals surface area (Å²) in [5.74, 6) is 2.31. The van der Waals surface area contributed by atoms with Gasteiger partial charge in [-0.3, -0.25) is 0 Å². The maximum Gasteiger partial charge on any atom is 0.125 e. The van der Waals surface area contributed by atoms with E-state index in [1.54, 1.807) is 13.2 Å². The highest BCUT2D eigenvalue weighted by Crippen LogP contribution is 2.24. The van der Waals surface area contributed by atoms with Crippen LogP contribution in [0.15, 0.2) is 42.5 Å². The van der Waals surface area contributed by atoms with Crippen LogP contribution in [-0.2, 0) is 6.61 Å². The molecule has 0 amide bonds. The Morgan fingerprint density at radius 3 is 2.45 bits per heavy atom. The fourth-order valence-corrected chi connectivity index (χ4v) is 1.89. The lowest BCUT2D eigenvalue weighted by atomic mass is 10.2. The van der Waals surface area contributed by atoms with E-state index in [-0.39, 0.29) is 0 Å². The molecule has 4 heteroatoms. The average Bonchev–Trinajstić information content (AvgIpc) is 2.46. The number of hydrogen-bond acceptors (Lipinski definition) is 4. The van der Waals surface area contributed by atoms with Gasteiger partial charge in [0.2, 0.25) is 0 Å². The Hall–Kier alpha value is -2.36. The normalized spacial score (nSPS) is 10.1. The van der Waals surface area contributed by atoms with Gasteiger partial charge in [-0.15, -0.1) is 0 Å². The van der Waals surface area contributed by atoms with Crippen molar-refractivity contribution < 1.29 is 14.2 Å². The van der Waals surface area contributed by atoms with E-state index in [0.29, 0.717) is 18.9 Å². The Balaban J connectivity index is 2.08. The highest BCUT2D eigenvalue weighted by atomic mass is 16.5. The summed E-state index contributed by atoms with van der Waals surface area (Å²) in [6.07, 6.45) is 0. The van der Waals surface area contributed by atoms with E-state index in [2.05, 4.69) is 0 Å². The molecule has 2 N–H and O–H groups in total. The number of ether oxygens (including phenoxy) is 3. The lowest BCUT2D eigenvalue weighted by molar-refractivity contribution is 0.292. The molecule has 4 nitrogen and oxygen atoms in total. The van der Waals surface area contributed by atoms with E-state index < -0.39 is 0 Å². The van der Waals surface area contributed by atoms with E-state index in [1.165, 1.54) is 0 Å². The fourth-order valence-electron chi connectivity index (χ4n) is 1.89. The Morgan fingerprint density at radius 1 is 1.00 bits per heavy atom. The van der Waals surface area contributed by atoms with Crippen molar-refractivity contribution in [1.82, 2.24) is 0 Å². The maximum absolute atomic E-state index is 5.78. The van der Waals surface area contributed by atoms with Gasteiger partial charge in [-0.1, -0.05) is 6.07 Å².